The van der Waals surface area contributed by atoms with Crippen LogP contribution in [0.5, 0.6) is 0 Å². The number of aryl methyl sites for hydroxylation is 2. The van der Waals surface area contributed by atoms with Gasteiger partial charge in [0.05, 0.1) is 16.9 Å². The van der Waals surface area contributed by atoms with E-state index < -0.39 is 0 Å². The van der Waals surface area contributed by atoms with Gasteiger partial charge in [0.25, 0.3) is 0 Å². The summed E-state index contributed by atoms with van der Waals surface area (Å²) < 4.78 is 13.5. The van der Waals surface area contributed by atoms with Gasteiger partial charge in [-0.3, -0.25) is 0 Å². The maximum Gasteiger partial charge on any atom is 0.139 e. The number of benzene rings is 2. The van der Waals surface area contributed by atoms with Gasteiger partial charge in [-0.2, -0.15) is 0 Å². The number of fused-ring (bicyclic) bond motifs is 2. The van der Waals surface area contributed by atoms with E-state index in [-0.39, 0.29) is 5.82 Å². The number of hydrogen-bond donors (Lipinski definition) is 2. The van der Waals surface area contributed by atoms with E-state index in [0.717, 1.165) is 60.3 Å². The minimum Gasteiger partial charge on any atom is -0.353 e. The molecular formula is C24H25FN4S. The van der Waals surface area contributed by atoms with Crippen LogP contribution in [-0.4, -0.2) is 36.4 Å². The lowest BCUT2D eigenvalue weighted by molar-refractivity contribution is 0.282. The van der Waals surface area contributed by atoms with Crippen molar-refractivity contribution in [3.63, 3.8) is 0 Å². The first-order chi connectivity index (χ1) is 14.7. The molecule has 3 heterocycles. The van der Waals surface area contributed by atoms with Crippen molar-refractivity contribution in [3.05, 3.63) is 76.4 Å². The molecule has 2 aliphatic rings. The van der Waals surface area contributed by atoms with Crippen molar-refractivity contribution in [2.45, 2.75) is 25.8 Å². The maximum atomic E-state index is 13.5. The van der Waals surface area contributed by atoms with Gasteiger partial charge in [-0.05, 0) is 55.7 Å². The first kappa shape index (κ1) is 19.3. The van der Waals surface area contributed by atoms with Gasteiger partial charge < -0.3 is 15.5 Å². The average Bonchev–Trinajstić information content (AvgIpc) is 3.04. The molecule has 0 unspecified atom stereocenters. The Morgan fingerprint density at radius 3 is 2.97 bits per heavy atom. The molecule has 2 aromatic carbocycles. The van der Waals surface area contributed by atoms with Gasteiger partial charge in [-0.25, -0.2) is 9.38 Å². The third-order valence-corrected chi connectivity index (χ3v) is 6.67. The molecule has 2 aliphatic heterocycles. The third kappa shape index (κ3) is 3.98. The van der Waals surface area contributed by atoms with Gasteiger partial charge >= 0.3 is 0 Å². The predicted molar refractivity (Wildman–Crippen MR) is 123 cm³/mol. The number of anilines is 2. The van der Waals surface area contributed by atoms with E-state index in [2.05, 4.69) is 40.7 Å². The molecule has 2 N–H and O–H groups in total. The fraction of sp³-hybridized carbons (Fsp3) is 0.292. The van der Waals surface area contributed by atoms with E-state index in [1.165, 1.54) is 16.5 Å². The molecule has 0 amide bonds. The molecule has 0 saturated carbocycles. The van der Waals surface area contributed by atoms with Gasteiger partial charge in [0, 0.05) is 30.6 Å². The minimum absolute atomic E-state index is 0.162. The van der Waals surface area contributed by atoms with Crippen LogP contribution in [0.2, 0.25) is 0 Å². The number of aliphatic imine (C=N–C) groups is 1. The second-order valence-electron chi connectivity index (χ2n) is 7.94. The Morgan fingerprint density at radius 2 is 2.07 bits per heavy atom. The van der Waals surface area contributed by atoms with Gasteiger partial charge in [0.15, 0.2) is 0 Å². The van der Waals surface area contributed by atoms with Crippen LogP contribution in [0.1, 0.15) is 22.4 Å². The highest BCUT2D eigenvalue weighted by molar-refractivity contribution is 7.16. The molecule has 4 nitrogen and oxygen atoms in total. The third-order valence-electron chi connectivity index (χ3n) is 5.70. The lowest BCUT2D eigenvalue weighted by Gasteiger charge is -2.36. The lowest BCUT2D eigenvalue weighted by atomic mass is 10.0. The summed E-state index contributed by atoms with van der Waals surface area (Å²) in [5.41, 5.74) is 4.26. The molecule has 1 atom stereocenters. The van der Waals surface area contributed by atoms with Gasteiger partial charge in [-0.1, -0.05) is 24.3 Å². The summed E-state index contributed by atoms with van der Waals surface area (Å²) in [4.78, 5) is 8.77. The number of rotatable bonds is 3. The number of para-hydroxylation sites is 2. The highest BCUT2D eigenvalue weighted by Gasteiger charge is 2.27. The molecule has 6 heteroatoms. The second kappa shape index (κ2) is 8.20. The second-order valence-corrected chi connectivity index (χ2v) is 9.20. The van der Waals surface area contributed by atoms with Crippen LogP contribution in [-0.2, 0) is 6.42 Å². The zero-order valence-corrected chi connectivity index (χ0v) is 17.8. The predicted octanol–water partition coefficient (Wildman–Crippen LogP) is 5.24. The van der Waals surface area contributed by atoms with Crippen LogP contribution in [0.3, 0.4) is 0 Å². The van der Waals surface area contributed by atoms with Crippen LogP contribution >= 0.6 is 11.3 Å². The Balaban J connectivity index is 1.39. The quantitative estimate of drug-likeness (QED) is 0.609. The standard InChI is InChI=1S/C24H25FN4S/c1-16-13-20-23(27-21-7-2-3-8-22(21)28-24(20)30-16)29-12-11-26-19(15-29)10-9-17-5-4-6-18(25)14-17/h2-8,13-14,19,26,28H,9-12,15H2,1H3/t19-/m0/s1. The fourth-order valence-corrected chi connectivity index (χ4v) is 5.15. The van der Waals surface area contributed by atoms with Crippen molar-refractivity contribution in [1.29, 1.82) is 0 Å². The summed E-state index contributed by atoms with van der Waals surface area (Å²) in [5.74, 6) is 0.883. The first-order valence-corrected chi connectivity index (χ1v) is 11.3. The number of hydrogen-bond acceptors (Lipinski definition) is 5. The molecule has 0 aliphatic carbocycles. The first-order valence-electron chi connectivity index (χ1n) is 10.4. The summed E-state index contributed by atoms with van der Waals surface area (Å²) in [6, 6.07) is 17.7. The molecule has 5 rings (SSSR count). The molecule has 0 bridgehead atoms. The zero-order valence-electron chi connectivity index (χ0n) is 17.0. The van der Waals surface area contributed by atoms with Crippen molar-refractivity contribution < 1.29 is 4.39 Å². The molecule has 3 aromatic rings. The number of nitrogens with one attached hydrogen (secondary N) is 2. The molecule has 30 heavy (non-hydrogen) atoms. The van der Waals surface area contributed by atoms with E-state index in [0.29, 0.717) is 6.04 Å². The van der Waals surface area contributed by atoms with E-state index in [1.54, 1.807) is 23.5 Å². The molecular weight excluding hydrogens is 395 g/mol. The molecule has 0 spiro atoms. The number of thiophene rings is 1. The van der Waals surface area contributed by atoms with Gasteiger partial charge in [0.1, 0.15) is 16.7 Å². The van der Waals surface area contributed by atoms with E-state index in [4.69, 9.17) is 4.99 Å². The van der Waals surface area contributed by atoms with Gasteiger partial charge in [-0.15, -0.1) is 11.3 Å². The Labute approximate surface area is 180 Å². The average molecular weight is 421 g/mol. The molecule has 1 fully saturated rings. The monoisotopic (exact) mass is 420 g/mol. The number of piperazine rings is 1. The van der Waals surface area contributed by atoms with Crippen LogP contribution in [0, 0.1) is 12.7 Å². The van der Waals surface area contributed by atoms with E-state index in [1.807, 2.05) is 18.2 Å². The summed E-state index contributed by atoms with van der Waals surface area (Å²) in [7, 11) is 0. The van der Waals surface area contributed by atoms with Crippen molar-refractivity contribution >= 4 is 33.5 Å². The largest absolute Gasteiger partial charge is 0.353 e. The van der Waals surface area contributed by atoms with Crippen molar-refractivity contribution in [2.24, 2.45) is 4.99 Å². The molecule has 0 radical (unpaired) electrons. The summed E-state index contributed by atoms with van der Waals surface area (Å²) >= 11 is 1.77. The topological polar surface area (TPSA) is 39.7 Å². The fourth-order valence-electron chi connectivity index (χ4n) is 4.23. The van der Waals surface area contributed by atoms with Crippen molar-refractivity contribution in [1.82, 2.24) is 10.2 Å². The van der Waals surface area contributed by atoms with Gasteiger partial charge in [0.2, 0.25) is 0 Å². The number of nitrogens with zero attached hydrogens (tertiary/aromatic N) is 2. The van der Waals surface area contributed by atoms with Crippen LogP contribution in [0.15, 0.2) is 59.6 Å². The molecule has 154 valence electrons. The molecule has 1 saturated heterocycles. The van der Waals surface area contributed by atoms with E-state index in [9.17, 15) is 4.39 Å². The minimum atomic E-state index is -0.162. The number of amidine groups is 1. The van der Waals surface area contributed by atoms with Crippen LogP contribution in [0.25, 0.3) is 0 Å². The summed E-state index contributed by atoms with van der Waals surface area (Å²) in [5, 5.41) is 8.37. The highest BCUT2D eigenvalue weighted by Crippen LogP contribution is 2.39. The summed E-state index contributed by atoms with van der Waals surface area (Å²) in [6.45, 7) is 4.88. The SMILES string of the molecule is Cc1cc2c(s1)Nc1ccccc1N=C2N1CCN[C@@H](CCc2cccc(F)c2)C1. The smallest absolute Gasteiger partial charge is 0.139 e. The van der Waals surface area contributed by atoms with Crippen molar-refractivity contribution in [3.8, 4) is 0 Å². The Hall–Kier alpha value is -2.70. The number of halogens is 1. The Morgan fingerprint density at radius 1 is 1.17 bits per heavy atom. The normalized spacial score (nSPS) is 18.1. The van der Waals surface area contributed by atoms with Crippen LogP contribution < -0.4 is 10.6 Å². The highest BCUT2D eigenvalue weighted by atomic mass is 32.1. The van der Waals surface area contributed by atoms with Crippen molar-refractivity contribution in [2.75, 3.05) is 25.0 Å². The Bertz CT molecular complexity index is 1090. The Kier molecular flexibility index (Phi) is 5.27. The van der Waals surface area contributed by atoms with Crippen LogP contribution in [0.4, 0.5) is 20.8 Å². The zero-order chi connectivity index (χ0) is 20.5. The van der Waals surface area contributed by atoms with E-state index >= 15 is 0 Å². The lowest BCUT2D eigenvalue weighted by Crippen LogP contribution is -2.52. The molecule has 1 aromatic heterocycles. The summed E-state index contributed by atoms with van der Waals surface area (Å²) in [6.07, 6.45) is 1.83. The maximum absolute atomic E-state index is 13.5.